The summed E-state index contributed by atoms with van der Waals surface area (Å²) in [6, 6.07) is 1.84. The lowest BCUT2D eigenvalue weighted by atomic mass is 9.87. The quantitative estimate of drug-likeness (QED) is 0.628. The summed E-state index contributed by atoms with van der Waals surface area (Å²) in [5.41, 5.74) is 1.41. The van der Waals surface area contributed by atoms with Crippen LogP contribution in [0.25, 0.3) is 17.0 Å². The van der Waals surface area contributed by atoms with Crippen molar-refractivity contribution in [3.63, 3.8) is 0 Å². The molecule has 10 heteroatoms. The fourth-order valence-electron chi connectivity index (χ4n) is 4.31. The van der Waals surface area contributed by atoms with Crippen LogP contribution in [0.5, 0.6) is 0 Å². The topological polar surface area (TPSA) is 71.6 Å². The molecule has 1 saturated heterocycles. The molecule has 0 N–H and O–H groups in total. The van der Waals surface area contributed by atoms with Crippen LogP contribution < -0.4 is 4.90 Å². The molecule has 0 amide bonds. The number of hydrogen-bond acceptors (Lipinski definition) is 6. The summed E-state index contributed by atoms with van der Waals surface area (Å²) in [5, 5.41) is 0. The number of imidazole rings is 1. The Bertz CT molecular complexity index is 1180. The molecule has 3 aromatic rings. The third kappa shape index (κ3) is 3.55. The van der Waals surface area contributed by atoms with Crippen LogP contribution in [0.4, 0.5) is 19.1 Å². The number of hydrogen-bond donors (Lipinski definition) is 0. The van der Waals surface area contributed by atoms with E-state index in [9.17, 15) is 13.2 Å². The van der Waals surface area contributed by atoms with Crippen molar-refractivity contribution in [3.8, 4) is 11.4 Å². The summed E-state index contributed by atoms with van der Waals surface area (Å²) in [7, 11) is 0. The molecule has 1 fully saturated rings. The third-order valence-corrected chi connectivity index (χ3v) is 5.89. The number of fused-ring (bicyclic) bond motifs is 1. The number of anilines is 1. The van der Waals surface area contributed by atoms with Gasteiger partial charge in [-0.25, -0.2) is 19.9 Å². The average Bonchev–Trinajstić information content (AvgIpc) is 3.43. The van der Waals surface area contributed by atoms with Crippen molar-refractivity contribution in [2.45, 2.75) is 38.4 Å². The summed E-state index contributed by atoms with van der Waals surface area (Å²) in [5.74, 6) is 0.855. The van der Waals surface area contributed by atoms with Crippen LogP contribution in [-0.2, 0) is 6.18 Å². The highest BCUT2D eigenvalue weighted by atomic mass is 19.4. The van der Waals surface area contributed by atoms with Gasteiger partial charge in [-0.15, -0.1) is 0 Å². The van der Waals surface area contributed by atoms with Crippen LogP contribution in [-0.4, -0.2) is 43.1 Å². The standard InChI is InChI=1S/C21H20F3N7/c1-13-14(15-5-2-7-25-15)4-3-9-30(13)20-26-8-6-16(29-20)17-10-28-19-11-27-18(12-31(17)19)21(22,23)24/h5-8,10-14H,2-4,9H2,1H3. The second-order valence-corrected chi connectivity index (χ2v) is 7.74. The fraction of sp³-hybridized carbons (Fsp3) is 0.381. The molecule has 31 heavy (non-hydrogen) atoms. The molecule has 2 aliphatic heterocycles. The van der Waals surface area contributed by atoms with E-state index < -0.39 is 11.9 Å². The first-order valence-electron chi connectivity index (χ1n) is 10.1. The Labute approximate surface area is 176 Å². The van der Waals surface area contributed by atoms with Crippen molar-refractivity contribution in [2.24, 2.45) is 10.9 Å². The highest BCUT2D eigenvalue weighted by Crippen LogP contribution is 2.34. The Hall–Kier alpha value is -3.30. The molecule has 0 spiro atoms. The van der Waals surface area contributed by atoms with Gasteiger partial charge in [0.15, 0.2) is 11.3 Å². The predicted octanol–water partition coefficient (Wildman–Crippen LogP) is 4.17. The predicted molar refractivity (Wildman–Crippen MR) is 110 cm³/mol. The first-order chi connectivity index (χ1) is 14.9. The van der Waals surface area contributed by atoms with Gasteiger partial charge in [0.2, 0.25) is 5.95 Å². The van der Waals surface area contributed by atoms with Crippen LogP contribution in [0.1, 0.15) is 31.9 Å². The van der Waals surface area contributed by atoms with Crippen molar-refractivity contribution < 1.29 is 13.2 Å². The SMILES string of the molecule is CC1C(C2=CCC=N2)CCCN1c1nccc(-c2cnc3cnc(C(F)(F)F)cn23)n1. The van der Waals surface area contributed by atoms with E-state index in [-0.39, 0.29) is 6.04 Å². The first-order valence-corrected chi connectivity index (χ1v) is 10.1. The maximum Gasteiger partial charge on any atom is 0.434 e. The number of aromatic nitrogens is 5. The smallest absolute Gasteiger partial charge is 0.337 e. The second kappa shape index (κ2) is 7.44. The maximum absolute atomic E-state index is 13.1. The highest BCUT2D eigenvalue weighted by molar-refractivity contribution is 5.65. The zero-order valence-electron chi connectivity index (χ0n) is 16.8. The summed E-state index contributed by atoms with van der Waals surface area (Å²) >= 11 is 0. The molecule has 5 rings (SSSR count). The maximum atomic E-state index is 13.1. The largest absolute Gasteiger partial charge is 0.434 e. The van der Waals surface area contributed by atoms with Crippen molar-refractivity contribution >= 4 is 17.8 Å². The third-order valence-electron chi connectivity index (χ3n) is 5.89. The zero-order chi connectivity index (χ0) is 21.6. The minimum atomic E-state index is -4.54. The normalized spacial score (nSPS) is 21.7. The van der Waals surface area contributed by atoms with Crippen molar-refractivity contribution in [1.29, 1.82) is 0 Å². The Morgan fingerprint density at radius 2 is 2.00 bits per heavy atom. The van der Waals surface area contributed by atoms with Gasteiger partial charge in [-0.3, -0.25) is 9.39 Å². The molecule has 0 radical (unpaired) electrons. The summed E-state index contributed by atoms with van der Waals surface area (Å²) in [6.07, 6.45) is 7.66. The fourth-order valence-corrected chi connectivity index (χ4v) is 4.31. The van der Waals surface area contributed by atoms with Gasteiger partial charge in [-0.2, -0.15) is 13.2 Å². The number of halogens is 3. The van der Waals surface area contributed by atoms with E-state index >= 15 is 0 Å². The van der Waals surface area contributed by atoms with Crippen LogP contribution in [0.2, 0.25) is 0 Å². The molecule has 3 aromatic heterocycles. The van der Waals surface area contributed by atoms with Gasteiger partial charge in [0, 0.05) is 49.2 Å². The van der Waals surface area contributed by atoms with Crippen molar-refractivity contribution in [1.82, 2.24) is 24.3 Å². The Morgan fingerprint density at radius 1 is 1.13 bits per heavy atom. The van der Waals surface area contributed by atoms with Gasteiger partial charge in [0.25, 0.3) is 0 Å². The lowest BCUT2D eigenvalue weighted by Crippen LogP contribution is -2.44. The van der Waals surface area contributed by atoms with Gasteiger partial charge >= 0.3 is 6.18 Å². The van der Waals surface area contributed by atoms with E-state index in [1.165, 1.54) is 10.6 Å². The summed E-state index contributed by atoms with van der Waals surface area (Å²) < 4.78 is 40.7. The van der Waals surface area contributed by atoms with E-state index in [2.05, 4.69) is 42.8 Å². The van der Waals surface area contributed by atoms with E-state index in [1.807, 2.05) is 6.21 Å². The molecule has 0 bridgehead atoms. The van der Waals surface area contributed by atoms with Crippen molar-refractivity contribution in [3.05, 3.63) is 48.3 Å². The summed E-state index contributed by atoms with van der Waals surface area (Å²) in [4.78, 5) is 23.5. The molecule has 0 aliphatic carbocycles. The van der Waals surface area contributed by atoms with Crippen LogP contribution >= 0.6 is 0 Å². The number of nitrogens with zero attached hydrogens (tertiary/aromatic N) is 7. The molecule has 160 valence electrons. The van der Waals surface area contributed by atoms with Crippen LogP contribution in [0, 0.1) is 5.92 Å². The molecule has 5 heterocycles. The molecule has 2 atom stereocenters. The molecule has 2 aliphatic rings. The molecule has 0 aromatic carbocycles. The second-order valence-electron chi connectivity index (χ2n) is 7.74. The Balaban J connectivity index is 1.50. The van der Waals surface area contributed by atoms with Crippen LogP contribution in [0.3, 0.4) is 0 Å². The molecule has 0 saturated carbocycles. The number of aliphatic imine (C=N–C) groups is 1. The van der Waals surface area contributed by atoms with Gasteiger partial charge in [-0.05, 0) is 25.8 Å². The molecular weight excluding hydrogens is 407 g/mol. The van der Waals surface area contributed by atoms with E-state index in [0.717, 1.165) is 43.9 Å². The van der Waals surface area contributed by atoms with E-state index in [1.54, 1.807) is 12.3 Å². The minimum Gasteiger partial charge on any atom is -0.337 e. The van der Waals surface area contributed by atoms with Gasteiger partial charge in [0.05, 0.1) is 23.8 Å². The Kier molecular flexibility index (Phi) is 4.71. The van der Waals surface area contributed by atoms with Gasteiger partial charge in [0.1, 0.15) is 0 Å². The number of alkyl halides is 3. The zero-order valence-corrected chi connectivity index (χ0v) is 16.8. The molecule has 2 unspecified atom stereocenters. The minimum absolute atomic E-state index is 0.161. The summed E-state index contributed by atoms with van der Waals surface area (Å²) in [6.45, 7) is 2.96. The van der Waals surface area contributed by atoms with Crippen molar-refractivity contribution in [2.75, 3.05) is 11.4 Å². The van der Waals surface area contributed by atoms with Crippen LogP contribution in [0.15, 0.2) is 47.6 Å². The van der Waals surface area contributed by atoms with Gasteiger partial charge < -0.3 is 4.90 Å². The molecule has 7 nitrogen and oxygen atoms in total. The number of allylic oxidation sites excluding steroid dienone is 1. The molecular formula is C21H20F3N7. The lowest BCUT2D eigenvalue weighted by molar-refractivity contribution is -0.141. The number of rotatable bonds is 3. The monoisotopic (exact) mass is 427 g/mol. The van der Waals surface area contributed by atoms with E-state index in [4.69, 9.17) is 0 Å². The first kappa shape index (κ1) is 19.7. The lowest BCUT2D eigenvalue weighted by Gasteiger charge is -2.39. The Morgan fingerprint density at radius 3 is 2.77 bits per heavy atom. The van der Waals surface area contributed by atoms with Gasteiger partial charge in [-0.1, -0.05) is 6.08 Å². The number of piperidine rings is 1. The highest BCUT2D eigenvalue weighted by Gasteiger charge is 2.34. The average molecular weight is 427 g/mol. The van der Waals surface area contributed by atoms with E-state index in [0.29, 0.717) is 28.9 Å².